The van der Waals surface area contributed by atoms with E-state index in [1.54, 1.807) is 24.3 Å². The number of non-ortho nitro benzene ring substituents is 1. The van der Waals surface area contributed by atoms with Crippen molar-refractivity contribution in [1.82, 2.24) is 4.98 Å². The number of amides is 1. The Labute approximate surface area is 189 Å². The third-order valence-corrected chi connectivity index (χ3v) is 5.30. The summed E-state index contributed by atoms with van der Waals surface area (Å²) in [7, 11) is 0. The summed E-state index contributed by atoms with van der Waals surface area (Å²) in [6, 6.07) is 12.5. The third kappa shape index (κ3) is 6.32. The number of pyridine rings is 1. The summed E-state index contributed by atoms with van der Waals surface area (Å²) in [5, 5.41) is 14.5. The molecule has 0 saturated heterocycles. The highest BCUT2D eigenvalue weighted by Gasteiger charge is 2.30. The van der Waals surface area contributed by atoms with E-state index < -0.39 is 22.6 Å². The lowest BCUT2D eigenvalue weighted by molar-refractivity contribution is -0.384. The van der Waals surface area contributed by atoms with Crippen molar-refractivity contribution >= 4 is 46.7 Å². The van der Waals surface area contributed by atoms with Gasteiger partial charge in [0.2, 0.25) is 5.91 Å². The molecule has 0 aliphatic heterocycles. The molecule has 0 unspecified atom stereocenters. The van der Waals surface area contributed by atoms with E-state index in [1.807, 2.05) is 0 Å². The number of nitrogens with one attached hydrogen (secondary N) is 1. The number of hydrogen-bond donors (Lipinski definition) is 1. The SMILES string of the molecule is O=C(/C=C\c1cc([N+](=O)[O-])ccc1Sc1ccc(C(F)(F)F)cn1)Nc1ccc(Cl)cc1. The molecule has 32 heavy (non-hydrogen) atoms. The zero-order valence-electron chi connectivity index (χ0n) is 16.0. The second kappa shape index (κ2) is 9.84. The van der Waals surface area contributed by atoms with Crippen molar-refractivity contribution in [3.63, 3.8) is 0 Å². The quantitative estimate of drug-likeness (QED) is 0.249. The minimum absolute atomic E-state index is 0.201. The van der Waals surface area contributed by atoms with Crippen molar-refractivity contribution < 1.29 is 22.9 Å². The first-order valence-corrected chi connectivity index (χ1v) is 10.1. The van der Waals surface area contributed by atoms with Gasteiger partial charge < -0.3 is 5.32 Å². The zero-order chi connectivity index (χ0) is 23.3. The lowest BCUT2D eigenvalue weighted by Gasteiger charge is -2.08. The number of rotatable bonds is 6. The number of alkyl halides is 3. The summed E-state index contributed by atoms with van der Waals surface area (Å²) in [5.74, 6) is -0.484. The maximum atomic E-state index is 12.7. The fourth-order valence-electron chi connectivity index (χ4n) is 2.48. The maximum absolute atomic E-state index is 12.7. The Morgan fingerprint density at radius 2 is 1.84 bits per heavy atom. The molecule has 1 heterocycles. The van der Waals surface area contributed by atoms with Crippen molar-refractivity contribution in [3.8, 4) is 0 Å². The van der Waals surface area contributed by atoms with Crippen LogP contribution in [0.3, 0.4) is 0 Å². The fraction of sp³-hybridized carbons (Fsp3) is 0.0476. The van der Waals surface area contributed by atoms with Gasteiger partial charge in [-0.1, -0.05) is 23.4 Å². The maximum Gasteiger partial charge on any atom is 0.417 e. The smallest absolute Gasteiger partial charge is 0.323 e. The largest absolute Gasteiger partial charge is 0.417 e. The van der Waals surface area contributed by atoms with Gasteiger partial charge in [-0.3, -0.25) is 14.9 Å². The number of nitro benzene ring substituents is 1. The molecular weight excluding hydrogens is 467 g/mol. The van der Waals surface area contributed by atoms with Crippen LogP contribution in [0, 0.1) is 10.1 Å². The van der Waals surface area contributed by atoms with Gasteiger partial charge in [-0.25, -0.2) is 4.98 Å². The number of carbonyl (C=O) groups excluding carboxylic acids is 1. The van der Waals surface area contributed by atoms with Gasteiger partial charge in [-0.05, 0) is 54.1 Å². The highest BCUT2D eigenvalue weighted by atomic mass is 35.5. The molecule has 1 aromatic heterocycles. The van der Waals surface area contributed by atoms with E-state index in [-0.39, 0.29) is 10.7 Å². The molecule has 11 heteroatoms. The van der Waals surface area contributed by atoms with Gasteiger partial charge in [0.1, 0.15) is 5.03 Å². The molecule has 0 spiro atoms. The molecule has 1 amide bonds. The lowest BCUT2D eigenvalue weighted by Crippen LogP contribution is -2.07. The van der Waals surface area contributed by atoms with Crippen molar-refractivity contribution in [1.29, 1.82) is 0 Å². The molecule has 2 aromatic carbocycles. The minimum atomic E-state index is -4.51. The molecule has 6 nitrogen and oxygen atoms in total. The van der Waals surface area contributed by atoms with Crippen molar-refractivity contribution in [2.45, 2.75) is 16.1 Å². The molecular formula is C21H13ClF3N3O3S. The van der Waals surface area contributed by atoms with Crippen LogP contribution in [0.15, 0.2) is 76.8 Å². The number of nitrogens with zero attached hydrogens (tertiary/aromatic N) is 2. The highest BCUT2D eigenvalue weighted by molar-refractivity contribution is 7.99. The van der Waals surface area contributed by atoms with Crippen LogP contribution in [0.4, 0.5) is 24.5 Å². The van der Waals surface area contributed by atoms with E-state index in [0.717, 1.165) is 17.8 Å². The van der Waals surface area contributed by atoms with Crippen LogP contribution in [0.5, 0.6) is 0 Å². The molecule has 0 fully saturated rings. The van der Waals surface area contributed by atoms with E-state index in [2.05, 4.69) is 10.3 Å². The number of nitro groups is 1. The third-order valence-electron chi connectivity index (χ3n) is 4.01. The van der Waals surface area contributed by atoms with Crippen molar-refractivity contribution in [2.75, 3.05) is 5.32 Å². The Hall–Kier alpha value is -3.37. The van der Waals surface area contributed by atoms with Gasteiger partial charge in [-0.15, -0.1) is 0 Å². The van der Waals surface area contributed by atoms with E-state index in [1.165, 1.54) is 36.4 Å². The van der Waals surface area contributed by atoms with Crippen LogP contribution in [-0.2, 0) is 11.0 Å². The Morgan fingerprint density at radius 3 is 2.44 bits per heavy atom. The number of benzene rings is 2. The Kier molecular flexibility index (Phi) is 7.16. The molecule has 164 valence electrons. The normalized spacial score (nSPS) is 11.5. The van der Waals surface area contributed by atoms with Gasteiger partial charge in [0.25, 0.3) is 5.69 Å². The second-order valence-electron chi connectivity index (χ2n) is 6.29. The molecule has 3 aromatic rings. The first kappa shape index (κ1) is 23.3. The lowest BCUT2D eigenvalue weighted by atomic mass is 10.2. The first-order valence-electron chi connectivity index (χ1n) is 8.86. The van der Waals surface area contributed by atoms with Crippen LogP contribution in [-0.4, -0.2) is 15.8 Å². The average molecular weight is 480 g/mol. The Bertz CT molecular complexity index is 1170. The molecule has 3 rings (SSSR count). The second-order valence-corrected chi connectivity index (χ2v) is 7.79. The van der Waals surface area contributed by atoms with Crippen LogP contribution >= 0.6 is 23.4 Å². The predicted molar refractivity (Wildman–Crippen MR) is 116 cm³/mol. The summed E-state index contributed by atoms with van der Waals surface area (Å²) in [5.41, 5.74) is -0.249. The van der Waals surface area contributed by atoms with Crippen LogP contribution in [0.1, 0.15) is 11.1 Å². The van der Waals surface area contributed by atoms with Crippen molar-refractivity contribution in [3.05, 3.63) is 93.1 Å². The Morgan fingerprint density at radius 1 is 1.12 bits per heavy atom. The predicted octanol–water partition coefficient (Wildman–Crippen LogP) is 6.47. The van der Waals surface area contributed by atoms with Gasteiger partial charge in [0.05, 0.1) is 10.5 Å². The highest BCUT2D eigenvalue weighted by Crippen LogP contribution is 2.34. The Balaban J connectivity index is 1.82. The fourth-order valence-corrected chi connectivity index (χ4v) is 3.45. The number of carbonyl (C=O) groups is 1. The molecule has 0 aliphatic rings. The summed E-state index contributed by atoms with van der Waals surface area (Å²) in [6.45, 7) is 0. The molecule has 0 bridgehead atoms. The summed E-state index contributed by atoms with van der Waals surface area (Å²) < 4.78 is 38.2. The molecule has 0 saturated carbocycles. The van der Waals surface area contributed by atoms with E-state index in [0.29, 0.717) is 27.4 Å². The van der Waals surface area contributed by atoms with E-state index in [4.69, 9.17) is 11.6 Å². The average Bonchev–Trinajstić information content (AvgIpc) is 2.74. The van der Waals surface area contributed by atoms with E-state index in [9.17, 15) is 28.1 Å². The summed E-state index contributed by atoms with van der Waals surface area (Å²) in [6.07, 6.45) is -1.22. The number of aromatic nitrogens is 1. The zero-order valence-corrected chi connectivity index (χ0v) is 17.5. The van der Waals surface area contributed by atoms with Crippen molar-refractivity contribution in [2.24, 2.45) is 0 Å². The van der Waals surface area contributed by atoms with Gasteiger partial charge >= 0.3 is 6.18 Å². The monoisotopic (exact) mass is 479 g/mol. The van der Waals surface area contributed by atoms with Crippen LogP contribution < -0.4 is 5.32 Å². The van der Waals surface area contributed by atoms with E-state index >= 15 is 0 Å². The molecule has 0 aliphatic carbocycles. The van der Waals surface area contributed by atoms with Gasteiger partial charge in [-0.2, -0.15) is 13.2 Å². The topological polar surface area (TPSA) is 85.1 Å². The summed E-state index contributed by atoms with van der Waals surface area (Å²) in [4.78, 5) is 27.0. The molecule has 1 N–H and O–H groups in total. The first-order chi connectivity index (χ1) is 15.1. The van der Waals surface area contributed by atoms with Crippen LogP contribution in [0.25, 0.3) is 6.08 Å². The van der Waals surface area contributed by atoms with Gasteiger partial charge in [0, 0.05) is 40.0 Å². The number of halogens is 4. The molecule has 0 radical (unpaired) electrons. The minimum Gasteiger partial charge on any atom is -0.323 e. The standard InChI is InChI=1S/C21H13ClF3N3O3S/c22-15-3-5-16(6-4-15)27-19(29)9-1-13-11-17(28(30)31)7-8-18(13)32-20-10-2-14(12-26-20)21(23,24)25/h1-12H,(H,27,29)/b9-1-. The number of anilines is 1. The summed E-state index contributed by atoms with van der Waals surface area (Å²) >= 11 is 6.81. The molecule has 0 atom stereocenters. The number of hydrogen-bond acceptors (Lipinski definition) is 5. The van der Waals surface area contributed by atoms with Crippen LogP contribution in [0.2, 0.25) is 5.02 Å². The van der Waals surface area contributed by atoms with Gasteiger partial charge in [0.15, 0.2) is 0 Å².